The van der Waals surface area contributed by atoms with E-state index in [1.807, 2.05) is 52.0 Å². The van der Waals surface area contributed by atoms with E-state index in [-0.39, 0.29) is 24.8 Å². The Morgan fingerprint density at radius 2 is 1.85 bits per heavy atom. The molecule has 11 heteroatoms. The first kappa shape index (κ1) is 29.7. The number of aliphatic imine (C=N–C) groups is 1. The summed E-state index contributed by atoms with van der Waals surface area (Å²) in [6, 6.07) is 6.12. The highest BCUT2D eigenvalue weighted by molar-refractivity contribution is 7.13. The van der Waals surface area contributed by atoms with Gasteiger partial charge in [0.05, 0.1) is 28.2 Å². The van der Waals surface area contributed by atoms with E-state index in [0.717, 1.165) is 21.7 Å². The van der Waals surface area contributed by atoms with Crippen molar-refractivity contribution in [3.63, 3.8) is 0 Å². The number of aliphatic hydroxyl groups excluding tert-OH is 1. The van der Waals surface area contributed by atoms with Crippen LogP contribution in [0.4, 0.5) is 4.79 Å². The lowest BCUT2D eigenvalue weighted by molar-refractivity contribution is -0.136. The summed E-state index contributed by atoms with van der Waals surface area (Å²) >= 11 is 1.56. The number of β-amino-alcohol motifs (C(OH)–C–C–N with tert-alkyl or cyclic N) is 1. The third kappa shape index (κ3) is 6.05. The molecule has 1 aromatic carbocycles. The van der Waals surface area contributed by atoms with Crippen molar-refractivity contribution in [1.82, 2.24) is 20.5 Å². The molecule has 1 fully saturated rings. The predicted molar refractivity (Wildman–Crippen MR) is 154 cm³/mol. The van der Waals surface area contributed by atoms with E-state index in [9.17, 15) is 19.5 Å². The second kappa shape index (κ2) is 10.6. The number of hydrogen-bond acceptors (Lipinski definition) is 8. The van der Waals surface area contributed by atoms with Gasteiger partial charge >= 0.3 is 6.09 Å². The molecule has 2 unspecified atom stereocenters. The van der Waals surface area contributed by atoms with Crippen molar-refractivity contribution in [1.29, 1.82) is 0 Å². The molecule has 2 aliphatic heterocycles. The normalized spacial score (nSPS) is 24.0. The molecule has 4 rings (SSSR count). The molecule has 0 aliphatic carbocycles. The third-order valence-corrected chi connectivity index (χ3v) is 8.13. The lowest BCUT2D eigenvalue weighted by Crippen LogP contribution is -2.58. The zero-order valence-corrected chi connectivity index (χ0v) is 25.2. The molecule has 3 heterocycles. The maximum atomic E-state index is 13.9. The first-order valence-electron chi connectivity index (χ1n) is 13.4. The number of aromatic nitrogens is 1. The Labute approximate surface area is 239 Å². The summed E-state index contributed by atoms with van der Waals surface area (Å²) < 4.78 is 5.40. The molecule has 1 aromatic heterocycles. The number of ether oxygens (including phenoxy) is 1. The number of amidine groups is 1. The standard InChI is InChI=1S/C29H39N5O5S/c1-16-21(40-15-30-16)17-9-11-18(12-10-17)29(8)25(37)32-23(33-29)20-13-19(35)14-34(20)24(36)22(27(2,3)4)31-26(38)39-28(5,6)7/h9-12,15,19-20,22,35H,13-14H2,1-8H3,(H,31,38)(H,32,33,37)/t19-,20?,22?,29+/m1/s1. The summed E-state index contributed by atoms with van der Waals surface area (Å²) in [5, 5.41) is 16.6. The van der Waals surface area contributed by atoms with Crippen molar-refractivity contribution in [3.05, 3.63) is 41.0 Å². The number of carbonyl (C=O) groups excluding carboxylic acids is 3. The van der Waals surface area contributed by atoms with Crippen LogP contribution in [0.2, 0.25) is 0 Å². The van der Waals surface area contributed by atoms with Gasteiger partial charge in [0.15, 0.2) is 0 Å². The quantitative estimate of drug-likeness (QED) is 0.499. The zero-order chi connectivity index (χ0) is 29.6. The van der Waals surface area contributed by atoms with Crippen LogP contribution in [0.3, 0.4) is 0 Å². The van der Waals surface area contributed by atoms with Crippen LogP contribution >= 0.6 is 11.3 Å². The summed E-state index contributed by atoms with van der Waals surface area (Å²) in [5.41, 5.74) is 1.99. The Bertz CT molecular complexity index is 1320. The van der Waals surface area contributed by atoms with E-state index in [1.165, 1.54) is 4.90 Å². The summed E-state index contributed by atoms with van der Waals surface area (Å²) in [6.45, 7) is 14.6. The van der Waals surface area contributed by atoms with Crippen LogP contribution in [0, 0.1) is 12.3 Å². The number of aliphatic hydroxyl groups is 1. The summed E-state index contributed by atoms with van der Waals surface area (Å²) in [6.07, 6.45) is -1.29. The van der Waals surface area contributed by atoms with Crippen LogP contribution < -0.4 is 10.6 Å². The van der Waals surface area contributed by atoms with Crippen LogP contribution in [-0.2, 0) is 19.9 Å². The fourth-order valence-electron chi connectivity index (χ4n) is 5.00. The van der Waals surface area contributed by atoms with Crippen molar-refractivity contribution >= 4 is 35.1 Å². The lowest BCUT2D eigenvalue weighted by atomic mass is 9.85. The molecule has 0 spiro atoms. The number of likely N-dealkylation sites (tertiary alicyclic amines) is 1. The van der Waals surface area contributed by atoms with Gasteiger partial charge in [-0.3, -0.25) is 9.59 Å². The average molecular weight is 570 g/mol. The number of carbonyl (C=O) groups is 3. The zero-order valence-electron chi connectivity index (χ0n) is 24.4. The van der Waals surface area contributed by atoms with E-state index in [0.29, 0.717) is 5.84 Å². The highest BCUT2D eigenvalue weighted by atomic mass is 32.1. The van der Waals surface area contributed by atoms with Gasteiger partial charge in [-0.25, -0.2) is 9.78 Å². The fourth-order valence-corrected chi connectivity index (χ4v) is 5.81. The van der Waals surface area contributed by atoms with Crippen LogP contribution in [-0.4, -0.2) is 69.1 Å². The molecule has 0 saturated carbocycles. The van der Waals surface area contributed by atoms with Crippen molar-refractivity contribution in [3.8, 4) is 10.4 Å². The van der Waals surface area contributed by atoms with E-state index < -0.39 is 40.8 Å². The van der Waals surface area contributed by atoms with E-state index in [4.69, 9.17) is 4.74 Å². The maximum absolute atomic E-state index is 13.9. The molecule has 216 valence electrons. The summed E-state index contributed by atoms with van der Waals surface area (Å²) in [4.78, 5) is 50.9. The minimum Gasteiger partial charge on any atom is -0.444 e. The number of rotatable bonds is 5. The number of nitrogens with zero attached hydrogens (tertiary/aromatic N) is 3. The van der Waals surface area contributed by atoms with Crippen LogP contribution in [0.5, 0.6) is 0 Å². The number of nitrogens with one attached hydrogen (secondary N) is 2. The number of benzene rings is 1. The number of alkyl carbamates (subject to hydrolysis) is 1. The highest BCUT2D eigenvalue weighted by Crippen LogP contribution is 2.34. The van der Waals surface area contributed by atoms with Crippen molar-refractivity contribution in [2.75, 3.05) is 6.54 Å². The molecular weight excluding hydrogens is 530 g/mol. The molecule has 2 aliphatic rings. The van der Waals surface area contributed by atoms with Crippen LogP contribution in [0.25, 0.3) is 10.4 Å². The van der Waals surface area contributed by atoms with Gasteiger partial charge in [-0.2, -0.15) is 4.99 Å². The SMILES string of the molecule is Cc1ncsc1-c1ccc([C@]2(C)NC(C3C[C@@H](O)CN3C(=O)C(NC(=O)OC(C)(C)C)C(C)(C)C)=NC2=O)cc1. The lowest BCUT2D eigenvalue weighted by Gasteiger charge is -2.36. The third-order valence-electron chi connectivity index (χ3n) is 7.15. The number of amides is 3. The largest absolute Gasteiger partial charge is 0.444 e. The number of thiazole rings is 1. The average Bonchev–Trinajstić information content (AvgIpc) is 3.53. The molecule has 3 N–H and O–H groups in total. The molecule has 0 radical (unpaired) electrons. The second-order valence-electron chi connectivity index (χ2n) is 12.7. The first-order chi connectivity index (χ1) is 18.5. The second-order valence-corrected chi connectivity index (χ2v) is 13.6. The highest BCUT2D eigenvalue weighted by Gasteiger charge is 2.49. The van der Waals surface area contributed by atoms with Gasteiger partial charge in [0.2, 0.25) is 5.91 Å². The van der Waals surface area contributed by atoms with Crippen molar-refractivity contribution in [2.24, 2.45) is 10.4 Å². The first-order valence-corrected chi connectivity index (χ1v) is 14.3. The van der Waals surface area contributed by atoms with Crippen molar-refractivity contribution < 1.29 is 24.2 Å². The Hall–Kier alpha value is -3.31. The molecule has 10 nitrogen and oxygen atoms in total. The summed E-state index contributed by atoms with van der Waals surface area (Å²) in [5.74, 6) is -0.434. The van der Waals surface area contributed by atoms with E-state index in [1.54, 1.807) is 44.5 Å². The molecule has 1 saturated heterocycles. The fraction of sp³-hybridized carbons (Fsp3) is 0.552. The minimum atomic E-state index is -1.13. The summed E-state index contributed by atoms with van der Waals surface area (Å²) in [7, 11) is 0. The maximum Gasteiger partial charge on any atom is 0.408 e. The van der Waals surface area contributed by atoms with Gasteiger partial charge in [-0.05, 0) is 51.2 Å². The van der Waals surface area contributed by atoms with E-state index in [2.05, 4.69) is 20.6 Å². The number of hydrogen-bond donors (Lipinski definition) is 3. The molecule has 2 aromatic rings. The monoisotopic (exact) mass is 569 g/mol. The smallest absolute Gasteiger partial charge is 0.408 e. The Kier molecular flexibility index (Phi) is 7.85. The van der Waals surface area contributed by atoms with Gasteiger partial charge < -0.3 is 25.4 Å². The molecule has 40 heavy (non-hydrogen) atoms. The van der Waals surface area contributed by atoms with Gasteiger partial charge in [0.25, 0.3) is 5.91 Å². The predicted octanol–water partition coefficient (Wildman–Crippen LogP) is 3.76. The molecule has 4 atom stereocenters. The van der Waals surface area contributed by atoms with E-state index >= 15 is 0 Å². The van der Waals surface area contributed by atoms with Crippen LogP contribution in [0.15, 0.2) is 34.8 Å². The Morgan fingerprint density at radius 1 is 1.20 bits per heavy atom. The van der Waals surface area contributed by atoms with Crippen molar-refractivity contribution in [2.45, 2.75) is 91.1 Å². The molecule has 3 amide bonds. The minimum absolute atomic E-state index is 0.0561. The van der Waals surface area contributed by atoms with Gasteiger partial charge in [-0.15, -0.1) is 11.3 Å². The van der Waals surface area contributed by atoms with Gasteiger partial charge in [0.1, 0.15) is 23.0 Å². The van der Waals surface area contributed by atoms with Gasteiger partial charge in [0, 0.05) is 13.0 Å². The topological polar surface area (TPSA) is 133 Å². The number of aryl methyl sites for hydroxylation is 1. The Balaban J connectivity index is 1.55. The Morgan fingerprint density at radius 3 is 2.40 bits per heavy atom. The van der Waals surface area contributed by atoms with Gasteiger partial charge in [-0.1, -0.05) is 45.0 Å². The van der Waals surface area contributed by atoms with Crippen LogP contribution in [0.1, 0.15) is 66.1 Å². The molecular formula is C29H39N5O5S. The molecule has 0 bridgehead atoms.